The van der Waals surface area contributed by atoms with Crippen molar-refractivity contribution >= 4 is 0 Å². The molecule has 0 unspecified atom stereocenters. The number of nitrogens with one attached hydrogen (secondary N) is 1. The highest BCUT2D eigenvalue weighted by atomic mass is 15.4. The number of hydrogen-bond acceptors (Lipinski definition) is 1. The van der Waals surface area contributed by atoms with Gasteiger partial charge in [0.2, 0.25) is 0 Å². The summed E-state index contributed by atoms with van der Waals surface area (Å²) in [5, 5.41) is 0. The average Bonchev–Trinajstić information content (AvgIpc) is 1.76. The van der Waals surface area contributed by atoms with Crippen LogP contribution in [0.3, 0.4) is 0 Å². The third-order valence-corrected chi connectivity index (χ3v) is 0.568. The largest absolute Gasteiger partial charge is 0.240 e. The van der Waals surface area contributed by atoms with Crippen LogP contribution in [-0.4, -0.2) is 13.1 Å². The van der Waals surface area contributed by atoms with E-state index in [0.717, 1.165) is 13.1 Å². The van der Waals surface area contributed by atoms with Crippen molar-refractivity contribution in [1.82, 2.24) is 10.9 Å². The maximum absolute atomic E-state index is 3.78. The fourth-order valence-corrected chi connectivity index (χ4v) is 0.323. The fourth-order valence-electron chi connectivity index (χ4n) is 0.323. The second-order valence-electron chi connectivity index (χ2n) is 0.992. The van der Waals surface area contributed by atoms with Crippen LogP contribution in [0.15, 0.2) is 0 Å². The summed E-state index contributed by atoms with van der Waals surface area (Å²) in [6.07, 6.45) is 2.08. The second kappa shape index (κ2) is 1.38. The molecule has 1 N–H and O–H groups in total. The summed E-state index contributed by atoms with van der Waals surface area (Å²) < 4.78 is 0. The minimum absolute atomic E-state index is 0.889. The summed E-state index contributed by atoms with van der Waals surface area (Å²) in [5.74, 6) is 0. The molecule has 1 aliphatic heterocycles. The maximum atomic E-state index is 3.78. The Morgan fingerprint density at radius 3 is 3.00 bits per heavy atom. The SMILES string of the molecule is [CH]1C[N]NC1. The summed E-state index contributed by atoms with van der Waals surface area (Å²) in [6, 6.07) is 0. The van der Waals surface area contributed by atoms with E-state index in [2.05, 4.69) is 17.3 Å². The Morgan fingerprint density at radius 1 is 1.80 bits per heavy atom. The molecule has 0 aromatic carbocycles. The quantitative estimate of drug-likeness (QED) is 0.401. The molecule has 0 amide bonds. The van der Waals surface area contributed by atoms with E-state index in [1.807, 2.05) is 0 Å². The number of nitrogens with zero attached hydrogens (tertiary/aromatic N) is 1. The van der Waals surface area contributed by atoms with E-state index in [9.17, 15) is 0 Å². The van der Waals surface area contributed by atoms with Crippen molar-refractivity contribution in [3.05, 3.63) is 6.42 Å². The van der Waals surface area contributed by atoms with Gasteiger partial charge in [-0.1, -0.05) is 0 Å². The zero-order valence-electron chi connectivity index (χ0n) is 2.94. The zero-order valence-corrected chi connectivity index (χ0v) is 2.94. The lowest BCUT2D eigenvalue weighted by Crippen LogP contribution is -2.12. The molecule has 2 nitrogen and oxygen atoms in total. The van der Waals surface area contributed by atoms with Crippen molar-refractivity contribution in [2.75, 3.05) is 13.1 Å². The van der Waals surface area contributed by atoms with E-state index in [4.69, 9.17) is 0 Å². The topological polar surface area (TPSA) is 26.1 Å². The van der Waals surface area contributed by atoms with E-state index in [1.165, 1.54) is 0 Å². The Bertz CT molecular complexity index is 16.5. The first-order valence-corrected chi connectivity index (χ1v) is 1.71. The first kappa shape index (κ1) is 3.12. The summed E-state index contributed by atoms with van der Waals surface area (Å²) in [6.45, 7) is 1.85. The van der Waals surface area contributed by atoms with Gasteiger partial charge >= 0.3 is 0 Å². The molecule has 28 valence electrons. The molecule has 0 saturated carbocycles. The van der Waals surface area contributed by atoms with E-state index < -0.39 is 0 Å². The van der Waals surface area contributed by atoms with Crippen LogP contribution < -0.4 is 10.9 Å². The Hall–Kier alpha value is -0.0800. The van der Waals surface area contributed by atoms with Gasteiger partial charge in [0.15, 0.2) is 0 Å². The summed E-state index contributed by atoms with van der Waals surface area (Å²) in [7, 11) is 0. The van der Waals surface area contributed by atoms with Crippen LogP contribution >= 0.6 is 0 Å². The van der Waals surface area contributed by atoms with Crippen molar-refractivity contribution in [3.8, 4) is 0 Å². The van der Waals surface area contributed by atoms with Gasteiger partial charge in [0.1, 0.15) is 0 Å². The monoisotopic (exact) mass is 70.1 g/mol. The van der Waals surface area contributed by atoms with Crippen molar-refractivity contribution in [3.63, 3.8) is 0 Å². The molecule has 0 aromatic heterocycles. The van der Waals surface area contributed by atoms with Crippen LogP contribution in [0.25, 0.3) is 0 Å². The van der Waals surface area contributed by atoms with Crippen molar-refractivity contribution in [2.45, 2.75) is 0 Å². The Kier molecular flexibility index (Phi) is 0.862. The van der Waals surface area contributed by atoms with Gasteiger partial charge in [0, 0.05) is 13.1 Å². The molecule has 1 fully saturated rings. The van der Waals surface area contributed by atoms with Crippen LogP contribution in [0.2, 0.25) is 0 Å². The Balaban J connectivity index is 2.08. The van der Waals surface area contributed by atoms with Gasteiger partial charge in [-0.05, 0) is 6.42 Å². The molecule has 0 atom stereocenters. The zero-order chi connectivity index (χ0) is 3.54. The highest BCUT2D eigenvalue weighted by Gasteiger charge is 1.94. The van der Waals surface area contributed by atoms with Gasteiger partial charge in [-0.15, -0.1) is 0 Å². The molecule has 1 rings (SSSR count). The predicted octanol–water partition coefficient (Wildman–Crippen LogP) is -0.687. The van der Waals surface area contributed by atoms with Gasteiger partial charge < -0.3 is 0 Å². The molecule has 2 heteroatoms. The van der Waals surface area contributed by atoms with Gasteiger partial charge in [-0.2, -0.15) is 5.43 Å². The Labute approximate surface area is 31.5 Å². The smallest absolute Gasteiger partial charge is 0.0348 e. The van der Waals surface area contributed by atoms with Crippen molar-refractivity contribution in [1.29, 1.82) is 0 Å². The van der Waals surface area contributed by atoms with E-state index in [1.54, 1.807) is 0 Å². The lowest BCUT2D eigenvalue weighted by atomic mass is 10.5. The highest BCUT2D eigenvalue weighted by Crippen LogP contribution is 1.75. The number of hydrogen-bond donors (Lipinski definition) is 1. The molecule has 2 radical (unpaired) electrons. The summed E-state index contributed by atoms with van der Waals surface area (Å²) in [5.41, 5.74) is 6.57. The van der Waals surface area contributed by atoms with Crippen LogP contribution in [0.4, 0.5) is 0 Å². The normalized spacial score (nSPS) is 24.0. The molecule has 1 aliphatic rings. The third kappa shape index (κ3) is 0.597. The second-order valence-corrected chi connectivity index (χ2v) is 0.992. The first-order chi connectivity index (χ1) is 2.50. The minimum Gasteiger partial charge on any atom is -0.240 e. The van der Waals surface area contributed by atoms with E-state index in [-0.39, 0.29) is 0 Å². The predicted molar refractivity (Wildman–Crippen MR) is 19.3 cm³/mol. The summed E-state index contributed by atoms with van der Waals surface area (Å²) >= 11 is 0. The molecule has 5 heavy (non-hydrogen) atoms. The lowest BCUT2D eigenvalue weighted by molar-refractivity contribution is 0.673. The average molecular weight is 70.1 g/mol. The molecular formula is C3H6N2. The molecule has 0 bridgehead atoms. The molecule has 0 aliphatic carbocycles. The molecule has 0 aromatic rings. The molecule has 1 saturated heterocycles. The Morgan fingerprint density at radius 2 is 2.80 bits per heavy atom. The molecule has 1 heterocycles. The highest BCUT2D eigenvalue weighted by molar-refractivity contribution is 4.73. The fraction of sp³-hybridized carbons (Fsp3) is 0.667. The van der Waals surface area contributed by atoms with Gasteiger partial charge in [0.25, 0.3) is 0 Å². The standard InChI is InChI=1S/C3H6N2/c1-2-4-5-3-1/h1,4H,2-3H2. The van der Waals surface area contributed by atoms with Crippen LogP contribution in [0, 0.1) is 6.42 Å². The molecule has 0 spiro atoms. The van der Waals surface area contributed by atoms with E-state index in [0.29, 0.717) is 0 Å². The first-order valence-electron chi connectivity index (χ1n) is 1.71. The molecular weight excluding hydrogens is 64.0 g/mol. The van der Waals surface area contributed by atoms with Gasteiger partial charge in [0.05, 0.1) is 0 Å². The summed E-state index contributed by atoms with van der Waals surface area (Å²) in [4.78, 5) is 0. The van der Waals surface area contributed by atoms with Crippen LogP contribution in [0.1, 0.15) is 0 Å². The third-order valence-electron chi connectivity index (χ3n) is 0.568. The maximum Gasteiger partial charge on any atom is 0.0348 e. The minimum atomic E-state index is 0.889. The van der Waals surface area contributed by atoms with Crippen molar-refractivity contribution < 1.29 is 0 Å². The number of rotatable bonds is 0. The van der Waals surface area contributed by atoms with Crippen LogP contribution in [0.5, 0.6) is 0 Å². The van der Waals surface area contributed by atoms with Gasteiger partial charge in [-0.3, -0.25) is 0 Å². The van der Waals surface area contributed by atoms with Gasteiger partial charge in [-0.25, -0.2) is 5.43 Å². The lowest BCUT2D eigenvalue weighted by Gasteiger charge is -1.76. The van der Waals surface area contributed by atoms with Crippen LogP contribution in [-0.2, 0) is 0 Å². The van der Waals surface area contributed by atoms with Crippen molar-refractivity contribution in [2.24, 2.45) is 0 Å². The van der Waals surface area contributed by atoms with E-state index >= 15 is 0 Å².